The molecule has 1 saturated heterocycles. The molecule has 5 rings (SSSR count). The fourth-order valence-corrected chi connectivity index (χ4v) is 8.19. The van der Waals surface area contributed by atoms with E-state index in [0.29, 0.717) is 36.4 Å². The number of fused-ring (bicyclic) bond motifs is 1. The van der Waals surface area contributed by atoms with Crippen LogP contribution in [0, 0.1) is 12.8 Å². The van der Waals surface area contributed by atoms with Crippen molar-refractivity contribution < 1.29 is 9.59 Å². The molecule has 1 aliphatic carbocycles. The van der Waals surface area contributed by atoms with Crippen molar-refractivity contribution in [3.8, 4) is 0 Å². The van der Waals surface area contributed by atoms with Gasteiger partial charge in [0.15, 0.2) is 5.78 Å². The third-order valence-electron chi connectivity index (χ3n) is 8.58. The molecule has 0 aromatic carbocycles. The molecule has 2 aliphatic heterocycles. The molecule has 4 heterocycles. The number of carbonyl (C=O) groups excluding carboxylic acids is 2. The normalized spacial score (nSPS) is 20.1. The zero-order chi connectivity index (χ0) is 27.0. The summed E-state index contributed by atoms with van der Waals surface area (Å²) >= 11 is 7.87. The summed E-state index contributed by atoms with van der Waals surface area (Å²) in [6.45, 7) is 12.5. The Labute approximate surface area is 235 Å². The van der Waals surface area contributed by atoms with Gasteiger partial charge in [-0.25, -0.2) is 0 Å². The second kappa shape index (κ2) is 11.4. The minimum atomic E-state index is 0.103. The molecular weight excluding hydrogens is 514 g/mol. The first-order valence-electron chi connectivity index (χ1n) is 13.9. The lowest BCUT2D eigenvalue weighted by Crippen LogP contribution is -2.40. The van der Waals surface area contributed by atoms with Gasteiger partial charge in [-0.1, -0.05) is 30.2 Å². The van der Waals surface area contributed by atoms with Crippen LogP contribution in [0.5, 0.6) is 0 Å². The van der Waals surface area contributed by atoms with Gasteiger partial charge in [-0.15, -0.1) is 11.3 Å². The van der Waals surface area contributed by atoms with Crippen molar-refractivity contribution in [1.29, 1.82) is 0 Å². The Bertz CT molecular complexity index is 1280. The van der Waals surface area contributed by atoms with Gasteiger partial charge in [0.1, 0.15) is 0 Å². The lowest BCUT2D eigenvalue weighted by atomic mass is 9.80. The topological polar surface area (TPSA) is 53.5 Å². The number of ketones is 1. The first kappa shape index (κ1) is 27.3. The number of hydrogen-bond acceptors (Lipinski definition) is 5. The Hall–Kier alpha value is -2.28. The Morgan fingerprint density at radius 2 is 1.87 bits per heavy atom. The highest BCUT2D eigenvalue weighted by molar-refractivity contribution is 7.12. The molecule has 2 aromatic heterocycles. The van der Waals surface area contributed by atoms with Gasteiger partial charge in [0.2, 0.25) is 0 Å². The van der Waals surface area contributed by atoms with E-state index in [2.05, 4.69) is 29.8 Å². The molecule has 3 aliphatic rings. The van der Waals surface area contributed by atoms with Crippen LogP contribution in [0.3, 0.4) is 0 Å². The lowest BCUT2D eigenvalue weighted by Gasteiger charge is -2.35. The number of thiophene rings is 1. The molecule has 0 unspecified atom stereocenters. The number of carbonyl (C=O) groups is 2. The lowest BCUT2D eigenvalue weighted by molar-refractivity contribution is -0.115. The summed E-state index contributed by atoms with van der Waals surface area (Å²) in [4.78, 5) is 37.9. The molecule has 0 saturated carbocycles. The summed E-state index contributed by atoms with van der Waals surface area (Å²) in [6.07, 6.45) is 8.58. The van der Waals surface area contributed by atoms with Crippen LogP contribution in [-0.4, -0.2) is 52.7 Å². The van der Waals surface area contributed by atoms with Crippen molar-refractivity contribution in [2.24, 2.45) is 5.92 Å². The summed E-state index contributed by atoms with van der Waals surface area (Å²) in [5, 5.41) is 0.677. The Morgan fingerprint density at radius 3 is 2.53 bits per heavy atom. The molecule has 5 nitrogen and oxygen atoms in total. The molecular formula is C31H38ClN3O2S. The van der Waals surface area contributed by atoms with E-state index >= 15 is 0 Å². The highest BCUT2D eigenvalue weighted by Crippen LogP contribution is 2.44. The van der Waals surface area contributed by atoms with Gasteiger partial charge >= 0.3 is 0 Å². The number of aromatic nitrogens is 1. The molecule has 0 bridgehead atoms. The third kappa shape index (κ3) is 5.54. The molecule has 0 radical (unpaired) electrons. The van der Waals surface area contributed by atoms with E-state index in [-0.39, 0.29) is 11.7 Å². The highest BCUT2D eigenvalue weighted by atomic mass is 35.5. The molecule has 1 fully saturated rings. The van der Waals surface area contributed by atoms with Crippen LogP contribution in [0.2, 0.25) is 5.02 Å². The molecule has 202 valence electrons. The van der Waals surface area contributed by atoms with Crippen molar-refractivity contribution >= 4 is 34.6 Å². The van der Waals surface area contributed by atoms with Crippen LogP contribution < -0.4 is 0 Å². The zero-order valence-corrected chi connectivity index (χ0v) is 24.6. The summed E-state index contributed by atoms with van der Waals surface area (Å²) in [5.74, 6) is 1.38. The summed E-state index contributed by atoms with van der Waals surface area (Å²) in [5.41, 5.74) is 6.05. The van der Waals surface area contributed by atoms with Crippen molar-refractivity contribution in [2.45, 2.75) is 72.3 Å². The van der Waals surface area contributed by atoms with E-state index in [1.807, 2.05) is 42.2 Å². The van der Waals surface area contributed by atoms with Crippen molar-refractivity contribution in [2.75, 3.05) is 26.2 Å². The Balaban J connectivity index is 1.28. The van der Waals surface area contributed by atoms with Crippen LogP contribution in [0.1, 0.15) is 83.7 Å². The SMILES string of the molecule is CC[C@@H](c1sc2c(c1C)C(=O)N(CC1=C(C)C=C(C)CC1=O)CC2)C1CCN(Cc2ccc(Cl)cn2)CC1. The molecule has 1 atom stereocenters. The number of Topliss-reactive ketones (excluding diaryl/α,β-unsaturated/α-hetero) is 1. The fraction of sp³-hybridized carbons (Fsp3) is 0.516. The van der Waals surface area contributed by atoms with Gasteiger partial charge in [-0.05, 0) is 88.2 Å². The van der Waals surface area contributed by atoms with Crippen molar-refractivity contribution in [3.05, 3.63) is 72.7 Å². The number of amides is 1. The summed E-state index contributed by atoms with van der Waals surface area (Å²) < 4.78 is 0. The number of allylic oxidation sites excluding steroid dienone is 3. The largest absolute Gasteiger partial charge is 0.334 e. The molecule has 7 heteroatoms. The van der Waals surface area contributed by atoms with Crippen LogP contribution in [-0.2, 0) is 17.8 Å². The van der Waals surface area contributed by atoms with Crippen molar-refractivity contribution in [3.63, 3.8) is 0 Å². The maximum Gasteiger partial charge on any atom is 0.255 e. The average Bonchev–Trinajstić information content (AvgIpc) is 3.22. The van der Waals surface area contributed by atoms with Crippen LogP contribution in [0.15, 0.2) is 41.1 Å². The second-order valence-corrected chi connectivity index (χ2v) is 12.8. The van der Waals surface area contributed by atoms with Crippen LogP contribution in [0.4, 0.5) is 0 Å². The number of rotatable bonds is 7. The maximum absolute atomic E-state index is 13.7. The number of pyridine rings is 1. The van der Waals surface area contributed by atoms with Crippen LogP contribution >= 0.6 is 22.9 Å². The first-order chi connectivity index (χ1) is 18.2. The smallest absolute Gasteiger partial charge is 0.255 e. The molecule has 2 aromatic rings. The van der Waals surface area contributed by atoms with Gasteiger partial charge in [-0.2, -0.15) is 0 Å². The van der Waals surface area contributed by atoms with E-state index in [9.17, 15) is 9.59 Å². The number of likely N-dealkylation sites (tertiary alicyclic amines) is 1. The van der Waals surface area contributed by atoms with E-state index in [1.54, 1.807) is 6.20 Å². The predicted octanol–water partition coefficient (Wildman–Crippen LogP) is 6.74. The fourth-order valence-electron chi connectivity index (χ4n) is 6.52. The van der Waals surface area contributed by atoms with E-state index in [4.69, 9.17) is 11.6 Å². The number of hydrogen-bond donors (Lipinski definition) is 0. The molecule has 38 heavy (non-hydrogen) atoms. The van der Waals surface area contributed by atoms with E-state index < -0.39 is 0 Å². The van der Waals surface area contributed by atoms with Gasteiger partial charge in [0.05, 0.1) is 16.3 Å². The average molecular weight is 552 g/mol. The summed E-state index contributed by atoms with van der Waals surface area (Å²) in [7, 11) is 0. The minimum absolute atomic E-state index is 0.103. The Morgan fingerprint density at radius 1 is 1.11 bits per heavy atom. The Kier molecular flexibility index (Phi) is 8.22. The molecule has 1 amide bonds. The van der Waals surface area contributed by atoms with Gasteiger partial charge in [-0.3, -0.25) is 19.5 Å². The van der Waals surface area contributed by atoms with Crippen molar-refractivity contribution in [1.82, 2.24) is 14.8 Å². The van der Waals surface area contributed by atoms with E-state index in [0.717, 1.165) is 73.3 Å². The van der Waals surface area contributed by atoms with Gasteiger partial charge in [0.25, 0.3) is 5.91 Å². The number of piperidine rings is 1. The second-order valence-electron chi connectivity index (χ2n) is 11.2. The first-order valence-corrected chi connectivity index (χ1v) is 15.1. The standard InChI is InChI=1S/C31H38ClN3O2S/c1-5-25(22-8-11-34(12-9-22)17-24-7-6-23(32)16-33-24)30-21(4)29-28(38-30)10-13-35(31(29)37)18-26-20(3)14-19(2)15-27(26)36/h6-7,14,16,22,25H,5,8-13,15,17-18H2,1-4H3/t25-/m1/s1. The van der Waals surface area contributed by atoms with Gasteiger partial charge in [0, 0.05) is 54.0 Å². The predicted molar refractivity (Wildman–Crippen MR) is 155 cm³/mol. The summed E-state index contributed by atoms with van der Waals surface area (Å²) in [6, 6.07) is 3.93. The van der Waals surface area contributed by atoms with Gasteiger partial charge < -0.3 is 4.90 Å². The zero-order valence-electron chi connectivity index (χ0n) is 23.0. The maximum atomic E-state index is 13.7. The highest BCUT2D eigenvalue weighted by Gasteiger charge is 2.35. The number of halogens is 1. The number of nitrogens with zero attached hydrogens (tertiary/aromatic N) is 3. The molecule has 0 N–H and O–H groups in total. The quantitative estimate of drug-likeness (QED) is 0.382. The monoisotopic (exact) mass is 551 g/mol. The minimum Gasteiger partial charge on any atom is -0.334 e. The van der Waals surface area contributed by atoms with Crippen LogP contribution in [0.25, 0.3) is 0 Å². The van der Waals surface area contributed by atoms with E-state index in [1.165, 1.54) is 15.3 Å². The molecule has 0 spiro atoms. The third-order valence-corrected chi connectivity index (χ3v) is 10.3.